The molecule has 0 heterocycles. The fourth-order valence-electron chi connectivity index (χ4n) is 1.45. The van der Waals surface area contributed by atoms with Crippen molar-refractivity contribution in [3.05, 3.63) is 18.2 Å². The van der Waals surface area contributed by atoms with Crippen LogP contribution < -0.4 is 15.8 Å². The normalized spacial score (nSPS) is 10.2. The molecule has 0 unspecified atom stereocenters. The molecule has 1 amide bonds. The number of carbonyl (C=O) groups is 1. The van der Waals surface area contributed by atoms with Crippen LogP contribution in [-0.2, 0) is 14.3 Å². The fraction of sp³-hybridized carbons (Fsp3) is 0.462. The summed E-state index contributed by atoms with van der Waals surface area (Å²) in [6.45, 7) is 1.34. The Kier molecular flexibility index (Phi) is 6.70. The highest BCUT2D eigenvalue weighted by Gasteiger charge is 2.07. The van der Waals surface area contributed by atoms with E-state index in [9.17, 15) is 4.79 Å². The second-order valence-corrected chi connectivity index (χ2v) is 3.86. The lowest BCUT2D eigenvalue weighted by molar-refractivity contribution is -0.117. The quantitative estimate of drug-likeness (QED) is 0.548. The monoisotopic (exact) mass is 268 g/mol. The van der Waals surface area contributed by atoms with E-state index in [1.165, 1.54) is 7.11 Å². The maximum atomic E-state index is 11.7. The van der Waals surface area contributed by atoms with E-state index in [0.29, 0.717) is 36.9 Å². The Morgan fingerprint density at radius 3 is 2.74 bits per heavy atom. The van der Waals surface area contributed by atoms with Gasteiger partial charge in [-0.15, -0.1) is 0 Å². The maximum absolute atomic E-state index is 11.7. The lowest BCUT2D eigenvalue weighted by atomic mass is 10.2. The van der Waals surface area contributed by atoms with E-state index in [4.69, 9.17) is 19.9 Å². The Morgan fingerprint density at radius 1 is 1.26 bits per heavy atom. The molecule has 1 aromatic carbocycles. The van der Waals surface area contributed by atoms with Gasteiger partial charge >= 0.3 is 0 Å². The van der Waals surface area contributed by atoms with Gasteiger partial charge in [-0.25, -0.2) is 0 Å². The minimum absolute atomic E-state index is 0.152. The molecule has 6 heteroatoms. The molecule has 0 bridgehead atoms. The van der Waals surface area contributed by atoms with Crippen LogP contribution in [0.25, 0.3) is 0 Å². The number of rotatable bonds is 8. The topological polar surface area (TPSA) is 82.8 Å². The van der Waals surface area contributed by atoms with Crippen LogP contribution in [0, 0.1) is 0 Å². The van der Waals surface area contributed by atoms with E-state index in [1.807, 2.05) is 0 Å². The first kappa shape index (κ1) is 15.3. The zero-order valence-corrected chi connectivity index (χ0v) is 11.3. The van der Waals surface area contributed by atoms with Crippen LogP contribution >= 0.6 is 0 Å². The third kappa shape index (κ3) is 5.58. The standard InChI is InChI=1S/C13H20N2O4/c1-17-7-8-19-6-5-13(16)15-11-9-10(14)3-4-12(11)18-2/h3-4,9H,5-8,14H2,1-2H3,(H,15,16). The number of anilines is 2. The summed E-state index contributed by atoms with van der Waals surface area (Å²) < 4.78 is 15.2. The molecule has 1 rings (SSSR count). The van der Waals surface area contributed by atoms with Gasteiger partial charge in [0.25, 0.3) is 0 Å². The van der Waals surface area contributed by atoms with Gasteiger partial charge in [0.05, 0.1) is 39.0 Å². The van der Waals surface area contributed by atoms with E-state index in [0.717, 1.165) is 0 Å². The van der Waals surface area contributed by atoms with Crippen molar-refractivity contribution in [2.75, 3.05) is 45.1 Å². The average Bonchev–Trinajstić information content (AvgIpc) is 2.39. The average molecular weight is 268 g/mol. The van der Waals surface area contributed by atoms with Gasteiger partial charge in [0.2, 0.25) is 5.91 Å². The van der Waals surface area contributed by atoms with Gasteiger partial charge in [-0.1, -0.05) is 0 Å². The number of nitrogens with two attached hydrogens (primary N) is 1. The summed E-state index contributed by atoms with van der Waals surface area (Å²) in [6.07, 6.45) is 0.266. The number of benzene rings is 1. The number of carbonyl (C=O) groups excluding carboxylic acids is 1. The first-order chi connectivity index (χ1) is 9.17. The smallest absolute Gasteiger partial charge is 0.226 e. The van der Waals surface area contributed by atoms with Gasteiger partial charge in [0, 0.05) is 12.8 Å². The number of hydrogen-bond donors (Lipinski definition) is 2. The van der Waals surface area contributed by atoms with Crippen molar-refractivity contribution in [2.45, 2.75) is 6.42 Å². The van der Waals surface area contributed by atoms with Gasteiger partial charge in [0.1, 0.15) is 5.75 Å². The van der Waals surface area contributed by atoms with Crippen LogP contribution in [0.3, 0.4) is 0 Å². The van der Waals surface area contributed by atoms with Gasteiger partial charge in [-0.2, -0.15) is 0 Å². The number of nitrogens with one attached hydrogen (secondary N) is 1. The number of nitrogen functional groups attached to an aromatic ring is 1. The Labute approximate surface area is 112 Å². The van der Waals surface area contributed by atoms with Gasteiger partial charge in [0.15, 0.2) is 0 Å². The summed E-state index contributed by atoms with van der Waals surface area (Å²) in [5.41, 5.74) is 6.79. The molecule has 106 valence electrons. The molecule has 0 aliphatic heterocycles. The predicted molar refractivity (Wildman–Crippen MR) is 73.3 cm³/mol. The van der Waals surface area contributed by atoms with E-state index in [-0.39, 0.29) is 12.3 Å². The molecule has 6 nitrogen and oxygen atoms in total. The van der Waals surface area contributed by atoms with Crippen LogP contribution in [0.4, 0.5) is 11.4 Å². The highest BCUT2D eigenvalue weighted by Crippen LogP contribution is 2.26. The largest absolute Gasteiger partial charge is 0.495 e. The van der Waals surface area contributed by atoms with Crippen molar-refractivity contribution in [1.29, 1.82) is 0 Å². The van der Waals surface area contributed by atoms with Crippen LogP contribution in [0.15, 0.2) is 18.2 Å². The molecule has 0 aliphatic rings. The SMILES string of the molecule is COCCOCCC(=O)Nc1cc(N)ccc1OC. The molecule has 0 aromatic heterocycles. The highest BCUT2D eigenvalue weighted by molar-refractivity contribution is 5.92. The summed E-state index contributed by atoms with van der Waals surface area (Å²) in [7, 11) is 3.14. The molecule has 3 N–H and O–H groups in total. The molecular formula is C13H20N2O4. The minimum atomic E-state index is -0.152. The summed E-state index contributed by atoms with van der Waals surface area (Å²) in [4.78, 5) is 11.7. The zero-order chi connectivity index (χ0) is 14.1. The second-order valence-electron chi connectivity index (χ2n) is 3.86. The van der Waals surface area contributed by atoms with E-state index >= 15 is 0 Å². The molecule has 0 aliphatic carbocycles. The third-order valence-electron chi connectivity index (χ3n) is 2.40. The third-order valence-corrected chi connectivity index (χ3v) is 2.40. The number of ether oxygens (including phenoxy) is 3. The van der Waals surface area contributed by atoms with Crippen molar-refractivity contribution < 1.29 is 19.0 Å². The van der Waals surface area contributed by atoms with E-state index < -0.39 is 0 Å². The first-order valence-electron chi connectivity index (χ1n) is 5.97. The van der Waals surface area contributed by atoms with Crippen LogP contribution in [-0.4, -0.2) is 39.9 Å². The molecule has 0 saturated heterocycles. The van der Waals surface area contributed by atoms with E-state index in [2.05, 4.69) is 5.32 Å². The summed E-state index contributed by atoms with van der Waals surface area (Å²) in [5.74, 6) is 0.421. The molecule has 0 atom stereocenters. The van der Waals surface area contributed by atoms with Gasteiger partial charge < -0.3 is 25.3 Å². The van der Waals surface area contributed by atoms with E-state index in [1.54, 1.807) is 25.3 Å². The predicted octanol–water partition coefficient (Wildman–Crippen LogP) is 1.27. The lowest BCUT2D eigenvalue weighted by Crippen LogP contribution is -2.15. The summed E-state index contributed by atoms with van der Waals surface area (Å²) in [5, 5.41) is 2.74. The van der Waals surface area contributed by atoms with Crippen molar-refractivity contribution in [1.82, 2.24) is 0 Å². The highest BCUT2D eigenvalue weighted by atomic mass is 16.5. The number of hydrogen-bond acceptors (Lipinski definition) is 5. The molecule has 0 fully saturated rings. The Bertz CT molecular complexity index is 410. The first-order valence-corrected chi connectivity index (χ1v) is 5.97. The summed E-state index contributed by atoms with van der Waals surface area (Å²) in [6, 6.07) is 5.07. The molecule has 0 radical (unpaired) electrons. The Balaban J connectivity index is 2.41. The molecular weight excluding hydrogens is 248 g/mol. The molecule has 0 saturated carbocycles. The van der Waals surface area contributed by atoms with Gasteiger partial charge in [-0.3, -0.25) is 4.79 Å². The van der Waals surface area contributed by atoms with Crippen LogP contribution in [0.5, 0.6) is 5.75 Å². The second kappa shape index (κ2) is 8.34. The summed E-state index contributed by atoms with van der Waals surface area (Å²) >= 11 is 0. The molecule has 1 aromatic rings. The van der Waals surface area contributed by atoms with Crippen molar-refractivity contribution >= 4 is 17.3 Å². The lowest BCUT2D eigenvalue weighted by Gasteiger charge is -2.11. The molecule has 0 spiro atoms. The minimum Gasteiger partial charge on any atom is -0.495 e. The maximum Gasteiger partial charge on any atom is 0.226 e. The van der Waals surface area contributed by atoms with Crippen molar-refractivity contribution in [2.24, 2.45) is 0 Å². The van der Waals surface area contributed by atoms with Crippen molar-refractivity contribution in [3.63, 3.8) is 0 Å². The van der Waals surface area contributed by atoms with Crippen LogP contribution in [0.2, 0.25) is 0 Å². The van der Waals surface area contributed by atoms with Crippen molar-refractivity contribution in [3.8, 4) is 5.75 Å². The van der Waals surface area contributed by atoms with Crippen LogP contribution in [0.1, 0.15) is 6.42 Å². The Hall–Kier alpha value is -1.79. The molecule has 19 heavy (non-hydrogen) atoms. The zero-order valence-electron chi connectivity index (χ0n) is 11.3. The Morgan fingerprint density at radius 2 is 2.05 bits per heavy atom. The fourth-order valence-corrected chi connectivity index (χ4v) is 1.45. The van der Waals surface area contributed by atoms with Gasteiger partial charge in [-0.05, 0) is 18.2 Å². The number of methoxy groups -OCH3 is 2. The number of amides is 1.